The number of aromatic nitrogens is 2. The highest BCUT2D eigenvalue weighted by atomic mass is 32.2. The third-order valence-corrected chi connectivity index (χ3v) is 9.59. The fourth-order valence-corrected chi connectivity index (χ4v) is 6.80. The molecule has 14 heteroatoms. The van der Waals surface area contributed by atoms with Gasteiger partial charge in [-0.3, -0.25) is 9.78 Å². The maximum Gasteiger partial charge on any atom is 0.326 e. The quantitative estimate of drug-likeness (QED) is 0.524. The molecule has 0 atom stereocenters. The first-order valence-electron chi connectivity index (χ1n) is 9.79. The zero-order valence-electron chi connectivity index (χ0n) is 16.9. The Morgan fingerprint density at radius 1 is 0.774 bits per heavy atom. The molecule has 2 N–H and O–H groups in total. The zero-order chi connectivity index (χ0) is 22.4. The van der Waals surface area contributed by atoms with Gasteiger partial charge >= 0.3 is 5.69 Å². The van der Waals surface area contributed by atoms with Crippen LogP contribution in [0.15, 0.2) is 32.7 Å². The van der Waals surface area contributed by atoms with Crippen molar-refractivity contribution in [1.82, 2.24) is 27.8 Å². The van der Waals surface area contributed by atoms with Gasteiger partial charge in [0.15, 0.2) is 0 Å². The molecule has 0 saturated carbocycles. The molecule has 2 aliphatic rings. The van der Waals surface area contributed by atoms with E-state index < -0.39 is 31.5 Å². The maximum absolute atomic E-state index is 13.1. The lowest BCUT2D eigenvalue weighted by Crippen LogP contribution is -2.57. The lowest BCUT2D eigenvalue weighted by atomic mass is 10.2. The van der Waals surface area contributed by atoms with Gasteiger partial charge in [-0.2, -0.15) is 21.3 Å². The van der Waals surface area contributed by atoms with Crippen molar-refractivity contribution in [2.75, 3.05) is 59.4 Å². The van der Waals surface area contributed by atoms with E-state index in [9.17, 15) is 26.4 Å². The van der Waals surface area contributed by atoms with E-state index >= 15 is 0 Å². The van der Waals surface area contributed by atoms with Crippen LogP contribution in [0.25, 0.3) is 10.9 Å². The number of piperazine rings is 2. The second-order valence-electron chi connectivity index (χ2n) is 7.63. The van der Waals surface area contributed by atoms with Crippen molar-refractivity contribution < 1.29 is 16.8 Å². The number of sulfonamides is 1. The molecule has 3 heterocycles. The average molecular weight is 473 g/mol. The lowest BCUT2D eigenvalue weighted by Gasteiger charge is -2.38. The summed E-state index contributed by atoms with van der Waals surface area (Å²) in [6.45, 7) is 2.24. The standard InChI is InChI=1S/C17H24N6O6S2/c1-20-4-6-22(7-5-20)31(28,29)23-10-8-21(9-11-23)30(26,27)13-2-3-15-14(12-13)16(24)19-17(25)18-15/h2-3,12H,4-11H2,1H3,(H2,18,19,24,25). The molecular weight excluding hydrogens is 448 g/mol. The lowest BCUT2D eigenvalue weighted by molar-refractivity contribution is 0.201. The van der Waals surface area contributed by atoms with Crippen LogP contribution >= 0.6 is 0 Å². The van der Waals surface area contributed by atoms with Gasteiger partial charge in [0.05, 0.1) is 15.8 Å². The monoisotopic (exact) mass is 472 g/mol. The predicted molar refractivity (Wildman–Crippen MR) is 114 cm³/mol. The van der Waals surface area contributed by atoms with Crippen LogP contribution in [0, 0.1) is 0 Å². The first kappa shape index (κ1) is 22.1. The summed E-state index contributed by atoms with van der Waals surface area (Å²) in [5.41, 5.74) is -1.12. The molecular formula is C17H24N6O6S2. The van der Waals surface area contributed by atoms with Crippen LogP contribution in [-0.4, -0.2) is 104 Å². The van der Waals surface area contributed by atoms with E-state index in [4.69, 9.17) is 0 Å². The Balaban J connectivity index is 1.51. The molecule has 2 saturated heterocycles. The number of benzene rings is 1. The SMILES string of the molecule is CN1CCN(S(=O)(=O)N2CCN(S(=O)(=O)c3ccc4[nH]c(=O)[nH]c(=O)c4c3)CC2)CC1. The van der Waals surface area contributed by atoms with E-state index in [-0.39, 0.29) is 42.0 Å². The summed E-state index contributed by atoms with van der Waals surface area (Å²) in [5, 5.41) is 0.0527. The summed E-state index contributed by atoms with van der Waals surface area (Å²) in [6.07, 6.45) is 0. The summed E-state index contributed by atoms with van der Waals surface area (Å²) in [7, 11) is -5.64. The topological polar surface area (TPSA) is 147 Å². The summed E-state index contributed by atoms with van der Waals surface area (Å²) in [4.78, 5) is 29.9. The predicted octanol–water partition coefficient (Wildman–Crippen LogP) is -1.99. The Morgan fingerprint density at radius 2 is 1.32 bits per heavy atom. The van der Waals surface area contributed by atoms with Crippen LogP contribution in [0.3, 0.4) is 0 Å². The van der Waals surface area contributed by atoms with Gasteiger partial charge in [0.25, 0.3) is 15.8 Å². The highest BCUT2D eigenvalue weighted by Crippen LogP contribution is 2.22. The first-order valence-corrected chi connectivity index (χ1v) is 12.6. The Hall–Kier alpha value is -2.10. The Bertz CT molecular complexity index is 1300. The Labute approximate surface area is 179 Å². The fourth-order valence-electron chi connectivity index (χ4n) is 3.78. The van der Waals surface area contributed by atoms with Crippen molar-refractivity contribution in [2.45, 2.75) is 4.90 Å². The molecule has 0 aliphatic carbocycles. The van der Waals surface area contributed by atoms with E-state index in [1.54, 1.807) is 0 Å². The van der Waals surface area contributed by atoms with Gasteiger partial charge in [0.2, 0.25) is 10.0 Å². The molecule has 0 spiro atoms. The highest BCUT2D eigenvalue weighted by molar-refractivity contribution is 7.89. The smallest absolute Gasteiger partial charge is 0.307 e. The minimum absolute atomic E-state index is 0.00925. The molecule has 0 radical (unpaired) electrons. The molecule has 1 aromatic carbocycles. The molecule has 2 aromatic rings. The summed E-state index contributed by atoms with van der Waals surface area (Å²) < 4.78 is 55.9. The van der Waals surface area contributed by atoms with Gasteiger partial charge in [-0.15, -0.1) is 0 Å². The van der Waals surface area contributed by atoms with Crippen molar-refractivity contribution in [3.63, 3.8) is 0 Å². The van der Waals surface area contributed by atoms with Crippen LogP contribution < -0.4 is 11.2 Å². The molecule has 0 amide bonds. The number of likely N-dealkylation sites (N-methyl/N-ethyl adjacent to an activating group) is 1. The van der Waals surface area contributed by atoms with Crippen LogP contribution in [-0.2, 0) is 20.2 Å². The fraction of sp³-hybridized carbons (Fsp3) is 0.529. The largest absolute Gasteiger partial charge is 0.326 e. The minimum atomic E-state index is -3.93. The van der Waals surface area contributed by atoms with E-state index in [1.807, 2.05) is 7.05 Å². The number of fused-ring (bicyclic) bond motifs is 1. The van der Waals surface area contributed by atoms with Gasteiger partial charge in [-0.1, -0.05) is 0 Å². The Kier molecular flexibility index (Phi) is 5.78. The second-order valence-corrected chi connectivity index (χ2v) is 11.5. The van der Waals surface area contributed by atoms with Crippen LogP contribution in [0.2, 0.25) is 0 Å². The van der Waals surface area contributed by atoms with Gasteiger partial charge in [-0.05, 0) is 25.2 Å². The molecule has 4 rings (SSSR count). The van der Waals surface area contributed by atoms with E-state index in [1.165, 1.54) is 31.1 Å². The zero-order valence-corrected chi connectivity index (χ0v) is 18.6. The van der Waals surface area contributed by atoms with Crippen molar-refractivity contribution in [3.8, 4) is 0 Å². The second kappa shape index (κ2) is 8.11. The molecule has 0 unspecified atom stereocenters. The van der Waals surface area contributed by atoms with Crippen LogP contribution in [0.5, 0.6) is 0 Å². The molecule has 12 nitrogen and oxygen atoms in total. The number of H-pyrrole nitrogens is 2. The number of nitrogens with one attached hydrogen (secondary N) is 2. The molecule has 2 fully saturated rings. The Morgan fingerprint density at radius 3 is 1.94 bits per heavy atom. The normalized spacial score (nSPS) is 20.9. The van der Waals surface area contributed by atoms with Crippen LogP contribution in [0.4, 0.5) is 0 Å². The summed E-state index contributed by atoms with van der Waals surface area (Å²) >= 11 is 0. The van der Waals surface area contributed by atoms with Crippen LogP contribution in [0.1, 0.15) is 0 Å². The number of nitrogens with zero attached hydrogens (tertiary/aromatic N) is 4. The third-order valence-electron chi connectivity index (χ3n) is 5.66. The summed E-state index contributed by atoms with van der Waals surface area (Å²) in [6, 6.07) is 3.90. The van der Waals surface area contributed by atoms with Crippen molar-refractivity contribution in [1.29, 1.82) is 0 Å². The number of rotatable bonds is 4. The summed E-state index contributed by atoms with van der Waals surface area (Å²) in [5.74, 6) is 0. The van der Waals surface area contributed by atoms with E-state index in [2.05, 4.69) is 14.9 Å². The van der Waals surface area contributed by atoms with Gasteiger partial charge in [0, 0.05) is 52.4 Å². The minimum Gasteiger partial charge on any atom is -0.307 e. The number of hydrogen-bond donors (Lipinski definition) is 2. The molecule has 31 heavy (non-hydrogen) atoms. The van der Waals surface area contributed by atoms with E-state index in [0.29, 0.717) is 26.2 Å². The van der Waals surface area contributed by atoms with Crippen molar-refractivity contribution in [3.05, 3.63) is 39.0 Å². The van der Waals surface area contributed by atoms with Gasteiger partial charge < -0.3 is 9.88 Å². The molecule has 2 aliphatic heterocycles. The molecule has 1 aromatic heterocycles. The number of hydrogen-bond acceptors (Lipinski definition) is 7. The number of aromatic amines is 2. The molecule has 0 bridgehead atoms. The van der Waals surface area contributed by atoms with Crippen molar-refractivity contribution in [2.24, 2.45) is 0 Å². The van der Waals surface area contributed by atoms with E-state index in [0.717, 1.165) is 0 Å². The highest BCUT2D eigenvalue weighted by Gasteiger charge is 2.36. The first-order chi connectivity index (χ1) is 14.6. The third kappa shape index (κ3) is 4.18. The van der Waals surface area contributed by atoms with Gasteiger partial charge in [0.1, 0.15) is 0 Å². The average Bonchev–Trinajstić information content (AvgIpc) is 2.74. The maximum atomic E-state index is 13.1. The van der Waals surface area contributed by atoms with Crippen molar-refractivity contribution >= 4 is 31.1 Å². The molecule has 170 valence electrons. The van der Waals surface area contributed by atoms with Gasteiger partial charge in [-0.25, -0.2) is 13.2 Å².